The monoisotopic (exact) mass is 201 g/mol. The third kappa shape index (κ3) is 4.61. The number of hydrogen-bond donors (Lipinski definition) is 0. The van der Waals surface area contributed by atoms with E-state index >= 15 is 0 Å². The van der Waals surface area contributed by atoms with E-state index in [4.69, 9.17) is 4.84 Å². The van der Waals surface area contributed by atoms with Crippen LogP contribution in [0.15, 0.2) is 0 Å². The minimum absolute atomic E-state index is 0.0569. The first kappa shape index (κ1) is 13.4. The van der Waals surface area contributed by atoms with Crippen molar-refractivity contribution < 1.29 is 9.63 Å². The van der Waals surface area contributed by atoms with E-state index in [1.807, 2.05) is 6.92 Å². The molecule has 0 aliphatic heterocycles. The molecule has 0 aliphatic rings. The zero-order valence-electron chi connectivity index (χ0n) is 10.0. The Morgan fingerprint density at radius 3 is 2.43 bits per heavy atom. The molecule has 84 valence electrons. The number of rotatable bonds is 6. The normalized spacial score (nSPS) is 14.9. The van der Waals surface area contributed by atoms with Gasteiger partial charge in [0.15, 0.2) is 0 Å². The van der Waals surface area contributed by atoms with E-state index < -0.39 is 0 Å². The standard InChI is InChI=1S/C11H23NO2/c1-6-7-9(2)8-10(3)11(13)12(4)14-5/h9-10H,6-8H2,1-5H3/t9-,10?/m1/s1. The summed E-state index contributed by atoms with van der Waals surface area (Å²) in [5, 5.41) is 1.31. The van der Waals surface area contributed by atoms with Gasteiger partial charge in [0, 0.05) is 13.0 Å². The van der Waals surface area contributed by atoms with Crippen LogP contribution in [0.4, 0.5) is 0 Å². The van der Waals surface area contributed by atoms with Crippen LogP contribution in [-0.2, 0) is 9.63 Å². The average Bonchev–Trinajstić information content (AvgIpc) is 2.15. The van der Waals surface area contributed by atoms with Crippen molar-refractivity contribution in [3.8, 4) is 0 Å². The summed E-state index contributed by atoms with van der Waals surface area (Å²) < 4.78 is 0. The Labute approximate surface area is 87.4 Å². The molecule has 1 unspecified atom stereocenters. The first-order valence-corrected chi connectivity index (χ1v) is 5.34. The van der Waals surface area contributed by atoms with Crippen LogP contribution in [0.3, 0.4) is 0 Å². The van der Waals surface area contributed by atoms with Gasteiger partial charge in [0.05, 0.1) is 7.11 Å². The second kappa shape index (κ2) is 6.82. The lowest BCUT2D eigenvalue weighted by molar-refractivity contribution is -0.173. The van der Waals surface area contributed by atoms with Gasteiger partial charge in [-0.25, -0.2) is 5.06 Å². The van der Waals surface area contributed by atoms with Gasteiger partial charge in [0.2, 0.25) is 5.91 Å². The van der Waals surface area contributed by atoms with Gasteiger partial charge in [0.1, 0.15) is 0 Å². The number of amides is 1. The van der Waals surface area contributed by atoms with E-state index in [9.17, 15) is 4.79 Å². The Hall–Kier alpha value is -0.570. The summed E-state index contributed by atoms with van der Waals surface area (Å²) in [6.45, 7) is 6.33. The van der Waals surface area contributed by atoms with Crippen molar-refractivity contribution >= 4 is 5.91 Å². The molecule has 0 aliphatic carbocycles. The zero-order valence-corrected chi connectivity index (χ0v) is 10.0. The third-order valence-electron chi connectivity index (χ3n) is 2.54. The summed E-state index contributed by atoms with van der Waals surface area (Å²) in [6.07, 6.45) is 3.32. The first-order chi connectivity index (χ1) is 6.52. The molecular formula is C11H23NO2. The van der Waals surface area contributed by atoms with E-state index in [1.54, 1.807) is 7.05 Å². The molecule has 0 aromatic heterocycles. The Kier molecular flexibility index (Phi) is 6.54. The maximum atomic E-state index is 11.6. The average molecular weight is 201 g/mol. The lowest BCUT2D eigenvalue weighted by atomic mass is 9.93. The van der Waals surface area contributed by atoms with Gasteiger partial charge in [0.25, 0.3) is 0 Å². The Balaban J connectivity index is 3.94. The molecule has 0 radical (unpaired) electrons. The molecule has 0 bridgehead atoms. The van der Waals surface area contributed by atoms with Crippen LogP contribution in [0.5, 0.6) is 0 Å². The molecule has 0 aromatic rings. The molecule has 0 saturated carbocycles. The lowest BCUT2D eigenvalue weighted by Crippen LogP contribution is -2.31. The Morgan fingerprint density at radius 1 is 1.43 bits per heavy atom. The first-order valence-electron chi connectivity index (χ1n) is 5.34. The second-order valence-electron chi connectivity index (χ2n) is 4.05. The van der Waals surface area contributed by atoms with Gasteiger partial charge >= 0.3 is 0 Å². The van der Waals surface area contributed by atoms with Crippen molar-refractivity contribution in [2.45, 2.75) is 40.0 Å². The molecule has 3 nitrogen and oxygen atoms in total. The molecule has 14 heavy (non-hydrogen) atoms. The summed E-state index contributed by atoms with van der Waals surface area (Å²) in [6, 6.07) is 0. The summed E-state index contributed by atoms with van der Waals surface area (Å²) in [5.41, 5.74) is 0. The van der Waals surface area contributed by atoms with Gasteiger partial charge in [-0.2, -0.15) is 0 Å². The largest absolute Gasteiger partial charge is 0.275 e. The van der Waals surface area contributed by atoms with Crippen LogP contribution in [0.25, 0.3) is 0 Å². The van der Waals surface area contributed by atoms with Crippen LogP contribution < -0.4 is 0 Å². The quantitative estimate of drug-likeness (QED) is 0.618. The van der Waals surface area contributed by atoms with E-state index in [0.29, 0.717) is 5.92 Å². The molecule has 0 fully saturated rings. The summed E-state index contributed by atoms with van der Waals surface area (Å²) >= 11 is 0. The fourth-order valence-electron chi connectivity index (χ4n) is 1.72. The maximum absolute atomic E-state index is 11.6. The zero-order chi connectivity index (χ0) is 11.1. The topological polar surface area (TPSA) is 29.5 Å². The van der Waals surface area contributed by atoms with Crippen molar-refractivity contribution in [3.63, 3.8) is 0 Å². The molecule has 3 heteroatoms. The number of hydrogen-bond acceptors (Lipinski definition) is 2. The predicted molar refractivity (Wildman–Crippen MR) is 57.6 cm³/mol. The van der Waals surface area contributed by atoms with Crippen molar-refractivity contribution in [1.82, 2.24) is 5.06 Å². The van der Waals surface area contributed by atoms with Crippen LogP contribution in [0.1, 0.15) is 40.0 Å². The minimum Gasteiger partial charge on any atom is -0.275 e. The summed E-state index contributed by atoms with van der Waals surface area (Å²) in [7, 11) is 3.17. The molecule has 0 heterocycles. The maximum Gasteiger partial charge on any atom is 0.248 e. The molecule has 0 N–H and O–H groups in total. The lowest BCUT2D eigenvalue weighted by Gasteiger charge is -2.21. The Bertz CT molecular complexity index is 171. The summed E-state index contributed by atoms with van der Waals surface area (Å²) in [5.74, 6) is 0.737. The van der Waals surface area contributed by atoms with E-state index in [2.05, 4.69) is 13.8 Å². The number of carbonyl (C=O) groups excluding carboxylic acids is 1. The highest BCUT2D eigenvalue weighted by Crippen LogP contribution is 2.18. The van der Waals surface area contributed by atoms with Crippen molar-refractivity contribution in [3.05, 3.63) is 0 Å². The van der Waals surface area contributed by atoms with Crippen molar-refractivity contribution in [2.24, 2.45) is 11.8 Å². The van der Waals surface area contributed by atoms with Gasteiger partial charge in [-0.15, -0.1) is 0 Å². The van der Waals surface area contributed by atoms with Gasteiger partial charge in [-0.05, 0) is 12.3 Å². The molecular weight excluding hydrogens is 178 g/mol. The van der Waals surface area contributed by atoms with Gasteiger partial charge < -0.3 is 0 Å². The highest BCUT2D eigenvalue weighted by molar-refractivity contribution is 5.77. The van der Waals surface area contributed by atoms with Crippen LogP contribution in [0, 0.1) is 11.8 Å². The predicted octanol–water partition coefficient (Wildman–Crippen LogP) is 2.47. The van der Waals surface area contributed by atoms with Crippen LogP contribution in [0.2, 0.25) is 0 Å². The smallest absolute Gasteiger partial charge is 0.248 e. The van der Waals surface area contributed by atoms with Crippen LogP contribution >= 0.6 is 0 Å². The fraction of sp³-hybridized carbons (Fsp3) is 0.909. The molecule has 0 spiro atoms. The fourth-order valence-corrected chi connectivity index (χ4v) is 1.72. The Morgan fingerprint density at radius 2 is 2.00 bits per heavy atom. The molecule has 0 saturated heterocycles. The number of hydroxylamine groups is 2. The second-order valence-corrected chi connectivity index (χ2v) is 4.05. The van der Waals surface area contributed by atoms with E-state index in [-0.39, 0.29) is 11.8 Å². The number of nitrogens with zero attached hydrogens (tertiary/aromatic N) is 1. The van der Waals surface area contributed by atoms with Gasteiger partial charge in [-0.3, -0.25) is 9.63 Å². The van der Waals surface area contributed by atoms with Gasteiger partial charge in [-0.1, -0.05) is 33.6 Å². The molecule has 1 amide bonds. The van der Waals surface area contributed by atoms with Crippen molar-refractivity contribution in [1.29, 1.82) is 0 Å². The molecule has 0 aromatic carbocycles. The highest BCUT2D eigenvalue weighted by Gasteiger charge is 2.19. The highest BCUT2D eigenvalue weighted by atomic mass is 16.7. The van der Waals surface area contributed by atoms with Crippen molar-refractivity contribution in [2.75, 3.05) is 14.2 Å². The number of carbonyl (C=O) groups is 1. The molecule has 2 atom stereocenters. The van der Waals surface area contributed by atoms with E-state index in [1.165, 1.54) is 25.0 Å². The molecule has 0 rings (SSSR count). The van der Waals surface area contributed by atoms with Crippen LogP contribution in [-0.4, -0.2) is 25.1 Å². The third-order valence-corrected chi connectivity index (χ3v) is 2.54. The van der Waals surface area contributed by atoms with E-state index in [0.717, 1.165) is 6.42 Å². The summed E-state index contributed by atoms with van der Waals surface area (Å²) in [4.78, 5) is 16.5. The minimum atomic E-state index is 0.0569. The SMILES string of the molecule is CCC[C@@H](C)CC(C)C(=O)N(C)OC.